The van der Waals surface area contributed by atoms with Crippen molar-refractivity contribution in [3.63, 3.8) is 0 Å². The molecule has 6 heteroatoms. The molecule has 0 aliphatic heterocycles. The van der Waals surface area contributed by atoms with E-state index in [1.54, 1.807) is 18.2 Å². The highest BCUT2D eigenvalue weighted by Gasteiger charge is 2.09. The van der Waals surface area contributed by atoms with Crippen LogP contribution in [0.25, 0.3) is 10.8 Å². The molecule has 0 unspecified atom stereocenters. The summed E-state index contributed by atoms with van der Waals surface area (Å²) in [5.74, 6) is -0.488. The number of nitrogens with one attached hydrogen (secondary N) is 2. The van der Waals surface area contributed by atoms with Gasteiger partial charge in [-0.3, -0.25) is 9.59 Å². The number of carbonyl (C=O) groups excluding carboxylic acids is 2. The van der Waals surface area contributed by atoms with Crippen LogP contribution < -0.4 is 10.6 Å². The van der Waals surface area contributed by atoms with Crippen molar-refractivity contribution < 1.29 is 9.59 Å². The molecule has 0 aliphatic carbocycles. The summed E-state index contributed by atoms with van der Waals surface area (Å²) in [6.45, 7) is 0.183. The quantitative estimate of drug-likeness (QED) is 0.653. The van der Waals surface area contributed by atoms with Crippen molar-refractivity contribution in [1.82, 2.24) is 10.6 Å². The molecule has 0 radical (unpaired) electrons. The van der Waals surface area contributed by atoms with Crippen LogP contribution in [0.1, 0.15) is 11.1 Å². The van der Waals surface area contributed by atoms with E-state index in [0.29, 0.717) is 10.0 Å². The minimum Gasteiger partial charge on any atom is -0.350 e. The van der Waals surface area contributed by atoms with Crippen molar-refractivity contribution in [2.45, 2.75) is 13.0 Å². The molecular weight excluding hydrogens is 383 g/mol. The lowest BCUT2D eigenvalue weighted by molar-refractivity contribution is -0.125. The Balaban J connectivity index is 1.50. The molecule has 138 valence electrons. The number of fused-ring (bicyclic) bond motifs is 1. The fourth-order valence-electron chi connectivity index (χ4n) is 2.78. The predicted molar refractivity (Wildman–Crippen MR) is 109 cm³/mol. The zero-order valence-corrected chi connectivity index (χ0v) is 16.0. The second kappa shape index (κ2) is 8.89. The number of hydrogen-bond acceptors (Lipinski definition) is 2. The third-order valence-corrected chi connectivity index (χ3v) is 4.76. The maximum Gasteiger partial charge on any atom is 0.239 e. The Hall–Kier alpha value is -2.56. The van der Waals surface area contributed by atoms with Gasteiger partial charge in [0, 0.05) is 16.6 Å². The van der Waals surface area contributed by atoms with Gasteiger partial charge >= 0.3 is 0 Å². The molecule has 3 aromatic carbocycles. The summed E-state index contributed by atoms with van der Waals surface area (Å²) in [5.41, 5.74) is 1.69. The largest absolute Gasteiger partial charge is 0.350 e. The van der Waals surface area contributed by atoms with E-state index in [1.165, 1.54) is 0 Å². The first-order valence-corrected chi connectivity index (χ1v) is 9.22. The van der Waals surface area contributed by atoms with Crippen molar-refractivity contribution in [1.29, 1.82) is 0 Å². The maximum atomic E-state index is 12.2. The third kappa shape index (κ3) is 5.22. The lowest BCUT2D eigenvalue weighted by Crippen LogP contribution is -2.37. The summed E-state index contributed by atoms with van der Waals surface area (Å²) in [7, 11) is 0. The molecule has 4 nitrogen and oxygen atoms in total. The number of rotatable bonds is 6. The highest BCUT2D eigenvalue weighted by Crippen LogP contribution is 2.21. The second-order valence-corrected chi connectivity index (χ2v) is 6.95. The lowest BCUT2D eigenvalue weighted by atomic mass is 10.0. The molecule has 0 heterocycles. The van der Waals surface area contributed by atoms with Gasteiger partial charge in [0.05, 0.1) is 13.0 Å². The Labute approximate surface area is 167 Å². The molecule has 2 N–H and O–H groups in total. The van der Waals surface area contributed by atoms with Crippen LogP contribution in [0.4, 0.5) is 0 Å². The topological polar surface area (TPSA) is 58.2 Å². The van der Waals surface area contributed by atoms with Crippen LogP contribution in [0, 0.1) is 0 Å². The monoisotopic (exact) mass is 400 g/mol. The Kier molecular flexibility index (Phi) is 6.32. The fraction of sp³-hybridized carbons (Fsp3) is 0.143. The van der Waals surface area contributed by atoms with Crippen LogP contribution in [0.2, 0.25) is 10.0 Å². The Morgan fingerprint density at radius 3 is 2.41 bits per heavy atom. The summed E-state index contributed by atoms with van der Waals surface area (Å²) in [5, 5.41) is 8.53. The molecule has 0 aromatic heterocycles. The van der Waals surface area contributed by atoms with E-state index in [-0.39, 0.29) is 31.3 Å². The Morgan fingerprint density at radius 2 is 1.59 bits per heavy atom. The zero-order valence-electron chi connectivity index (χ0n) is 14.5. The molecule has 0 saturated carbocycles. The number of hydrogen-bond donors (Lipinski definition) is 2. The van der Waals surface area contributed by atoms with Gasteiger partial charge in [-0.25, -0.2) is 0 Å². The van der Waals surface area contributed by atoms with Gasteiger partial charge in [-0.05, 0) is 34.0 Å². The highest BCUT2D eigenvalue weighted by atomic mass is 35.5. The van der Waals surface area contributed by atoms with E-state index >= 15 is 0 Å². The lowest BCUT2D eigenvalue weighted by Gasteiger charge is -2.09. The van der Waals surface area contributed by atoms with Gasteiger partial charge in [-0.15, -0.1) is 0 Å². The molecule has 3 rings (SSSR count). The van der Waals surface area contributed by atoms with Crippen molar-refractivity contribution in [2.24, 2.45) is 0 Å². The third-order valence-electron chi connectivity index (χ3n) is 4.17. The summed E-state index contributed by atoms with van der Waals surface area (Å²) in [4.78, 5) is 24.2. The summed E-state index contributed by atoms with van der Waals surface area (Å²) in [6, 6.07) is 18.8. The van der Waals surface area contributed by atoms with Crippen molar-refractivity contribution >= 4 is 45.8 Å². The minimum atomic E-state index is -0.285. The van der Waals surface area contributed by atoms with Gasteiger partial charge in [0.25, 0.3) is 0 Å². The average Bonchev–Trinajstić information content (AvgIpc) is 2.66. The SMILES string of the molecule is O=C(CNC(=O)Cc1cccc2ccccc12)NCc1ccc(Cl)cc1Cl. The second-order valence-electron chi connectivity index (χ2n) is 6.10. The van der Waals surface area contributed by atoms with E-state index < -0.39 is 0 Å². The van der Waals surface area contributed by atoms with E-state index in [1.807, 2.05) is 42.5 Å². The van der Waals surface area contributed by atoms with Crippen molar-refractivity contribution in [2.75, 3.05) is 6.54 Å². The summed E-state index contributed by atoms with van der Waals surface area (Å²) >= 11 is 11.9. The molecular formula is C21H18Cl2N2O2. The molecule has 0 atom stereocenters. The van der Waals surface area contributed by atoms with Gasteiger partial charge in [0.1, 0.15) is 0 Å². The smallest absolute Gasteiger partial charge is 0.239 e. The van der Waals surface area contributed by atoms with Crippen molar-refractivity contribution in [3.05, 3.63) is 81.8 Å². The first-order chi connectivity index (χ1) is 13.0. The first kappa shape index (κ1) is 19.2. The van der Waals surface area contributed by atoms with Crippen LogP contribution in [-0.4, -0.2) is 18.4 Å². The minimum absolute atomic E-state index is 0.0885. The van der Waals surface area contributed by atoms with E-state index in [0.717, 1.165) is 21.9 Å². The number of carbonyl (C=O) groups is 2. The Morgan fingerprint density at radius 1 is 0.815 bits per heavy atom. The predicted octanol–water partition coefficient (Wildman–Crippen LogP) is 4.12. The number of benzene rings is 3. The van der Waals surface area contributed by atoms with Crippen molar-refractivity contribution in [3.8, 4) is 0 Å². The van der Waals surface area contributed by atoms with Crippen LogP contribution >= 0.6 is 23.2 Å². The normalized spacial score (nSPS) is 10.6. The molecule has 27 heavy (non-hydrogen) atoms. The molecule has 0 saturated heterocycles. The number of amides is 2. The van der Waals surface area contributed by atoms with Crippen LogP contribution in [-0.2, 0) is 22.6 Å². The van der Waals surface area contributed by atoms with E-state index in [9.17, 15) is 9.59 Å². The molecule has 0 aliphatic rings. The van der Waals surface area contributed by atoms with Crippen LogP contribution in [0.3, 0.4) is 0 Å². The fourth-order valence-corrected chi connectivity index (χ4v) is 3.26. The standard InChI is InChI=1S/C21H18Cl2N2O2/c22-17-9-8-16(19(23)11-17)12-24-21(27)13-25-20(26)10-15-6-3-5-14-4-1-2-7-18(14)15/h1-9,11H,10,12-13H2,(H,24,27)(H,25,26). The summed E-state index contributed by atoms with van der Waals surface area (Å²) in [6.07, 6.45) is 0.220. The Bertz CT molecular complexity index is 984. The molecule has 0 fully saturated rings. The van der Waals surface area contributed by atoms with Gasteiger partial charge in [-0.1, -0.05) is 71.7 Å². The van der Waals surface area contributed by atoms with Gasteiger partial charge in [-0.2, -0.15) is 0 Å². The van der Waals surface area contributed by atoms with Gasteiger partial charge < -0.3 is 10.6 Å². The molecule has 2 amide bonds. The van der Waals surface area contributed by atoms with Crippen LogP contribution in [0.15, 0.2) is 60.7 Å². The molecule has 0 spiro atoms. The molecule has 3 aromatic rings. The maximum absolute atomic E-state index is 12.2. The van der Waals surface area contributed by atoms with Crippen LogP contribution in [0.5, 0.6) is 0 Å². The zero-order chi connectivity index (χ0) is 19.2. The first-order valence-electron chi connectivity index (χ1n) is 8.47. The van der Waals surface area contributed by atoms with Gasteiger partial charge in [0.2, 0.25) is 11.8 Å². The molecule has 0 bridgehead atoms. The summed E-state index contributed by atoms with van der Waals surface area (Å²) < 4.78 is 0. The number of halogens is 2. The van der Waals surface area contributed by atoms with E-state index in [4.69, 9.17) is 23.2 Å². The van der Waals surface area contributed by atoms with Gasteiger partial charge in [0.15, 0.2) is 0 Å². The average molecular weight is 401 g/mol. The van der Waals surface area contributed by atoms with E-state index in [2.05, 4.69) is 10.6 Å². The highest BCUT2D eigenvalue weighted by molar-refractivity contribution is 6.35.